The van der Waals surface area contributed by atoms with E-state index in [2.05, 4.69) is 50.2 Å². The van der Waals surface area contributed by atoms with Crippen molar-refractivity contribution < 1.29 is 0 Å². The van der Waals surface area contributed by atoms with E-state index in [9.17, 15) is 0 Å². The molecule has 0 bridgehead atoms. The van der Waals surface area contributed by atoms with E-state index in [1.54, 1.807) is 0 Å². The number of nitrogens with zero attached hydrogens (tertiary/aromatic N) is 3. The maximum Gasteiger partial charge on any atom is 0.135 e. The Morgan fingerprint density at radius 3 is 2.82 bits per heavy atom. The zero-order valence-electron chi connectivity index (χ0n) is 10.4. The Bertz CT molecular complexity index is 377. The fourth-order valence-electron chi connectivity index (χ4n) is 1.66. The van der Waals surface area contributed by atoms with Crippen LogP contribution in [-0.2, 0) is 0 Å². The summed E-state index contributed by atoms with van der Waals surface area (Å²) in [6, 6.07) is 1.95. The van der Waals surface area contributed by atoms with Gasteiger partial charge >= 0.3 is 0 Å². The van der Waals surface area contributed by atoms with Gasteiger partial charge in [-0.05, 0) is 55.8 Å². The molecule has 4 nitrogen and oxygen atoms in total. The number of hydrogen-bond acceptors (Lipinski definition) is 4. The number of nitrogens with one attached hydrogen (secondary N) is 1. The number of anilines is 1. The molecule has 1 aliphatic rings. The standard InChI is InChI=1S/C12H19BrN4/c1-17(2)7-3-6-14-11-8-10(13)15-12(16-11)9-4-5-9/h8-9H,3-7H2,1-2H3,(H,14,15,16). The topological polar surface area (TPSA) is 41.0 Å². The van der Waals surface area contributed by atoms with Crippen molar-refractivity contribution in [3.05, 3.63) is 16.5 Å². The van der Waals surface area contributed by atoms with Crippen LogP contribution in [0.2, 0.25) is 0 Å². The minimum absolute atomic E-state index is 0.592. The van der Waals surface area contributed by atoms with E-state index in [-0.39, 0.29) is 0 Å². The van der Waals surface area contributed by atoms with E-state index in [1.807, 2.05) is 6.07 Å². The zero-order valence-corrected chi connectivity index (χ0v) is 12.0. The lowest BCUT2D eigenvalue weighted by Gasteiger charge is -2.10. The molecule has 1 aliphatic carbocycles. The second-order valence-corrected chi connectivity index (χ2v) is 5.60. The van der Waals surface area contributed by atoms with Gasteiger partial charge in [0.15, 0.2) is 0 Å². The molecule has 0 radical (unpaired) electrons. The Labute approximate surface area is 111 Å². The van der Waals surface area contributed by atoms with Crippen LogP contribution < -0.4 is 5.32 Å². The molecule has 0 saturated heterocycles. The minimum atomic E-state index is 0.592. The molecule has 0 spiro atoms. The molecule has 94 valence electrons. The van der Waals surface area contributed by atoms with Crippen LogP contribution in [-0.4, -0.2) is 42.1 Å². The molecule has 1 N–H and O–H groups in total. The van der Waals surface area contributed by atoms with Gasteiger partial charge in [0.2, 0.25) is 0 Å². The molecular formula is C12H19BrN4. The third-order valence-electron chi connectivity index (χ3n) is 2.74. The molecule has 0 atom stereocenters. The molecule has 1 heterocycles. The van der Waals surface area contributed by atoms with Crippen molar-refractivity contribution in [2.75, 3.05) is 32.5 Å². The second kappa shape index (κ2) is 5.78. The molecule has 2 rings (SSSR count). The number of halogens is 1. The summed E-state index contributed by atoms with van der Waals surface area (Å²) in [5.74, 6) is 2.51. The van der Waals surface area contributed by atoms with Crippen molar-refractivity contribution in [2.24, 2.45) is 0 Å². The van der Waals surface area contributed by atoms with Gasteiger partial charge in [-0.15, -0.1) is 0 Å². The van der Waals surface area contributed by atoms with Crippen LogP contribution in [0.25, 0.3) is 0 Å². The first-order valence-electron chi connectivity index (χ1n) is 6.08. The van der Waals surface area contributed by atoms with Gasteiger partial charge in [-0.3, -0.25) is 0 Å². The highest BCUT2D eigenvalue weighted by Gasteiger charge is 2.27. The molecule has 0 aromatic carbocycles. The Morgan fingerprint density at radius 2 is 2.18 bits per heavy atom. The van der Waals surface area contributed by atoms with Gasteiger partial charge in [-0.1, -0.05) is 0 Å². The van der Waals surface area contributed by atoms with Gasteiger partial charge in [-0.25, -0.2) is 9.97 Å². The summed E-state index contributed by atoms with van der Waals surface area (Å²) in [7, 11) is 4.18. The molecule has 1 aromatic rings. The molecule has 1 fully saturated rings. The van der Waals surface area contributed by atoms with E-state index in [0.717, 1.165) is 35.8 Å². The highest BCUT2D eigenvalue weighted by atomic mass is 79.9. The predicted octanol–water partition coefficient (Wildman–Crippen LogP) is 2.48. The van der Waals surface area contributed by atoms with E-state index < -0.39 is 0 Å². The Kier molecular flexibility index (Phi) is 4.34. The van der Waals surface area contributed by atoms with Gasteiger partial charge in [0.25, 0.3) is 0 Å². The largest absolute Gasteiger partial charge is 0.370 e. The van der Waals surface area contributed by atoms with Gasteiger partial charge in [0.05, 0.1) is 0 Å². The highest BCUT2D eigenvalue weighted by Crippen LogP contribution is 2.38. The number of hydrogen-bond donors (Lipinski definition) is 1. The van der Waals surface area contributed by atoms with Crippen molar-refractivity contribution in [3.8, 4) is 0 Å². The van der Waals surface area contributed by atoms with Crippen LogP contribution in [0.15, 0.2) is 10.7 Å². The molecule has 0 amide bonds. The molecule has 0 aliphatic heterocycles. The number of aromatic nitrogens is 2. The fraction of sp³-hybridized carbons (Fsp3) is 0.667. The van der Waals surface area contributed by atoms with Crippen LogP contribution in [0, 0.1) is 0 Å². The van der Waals surface area contributed by atoms with Crippen LogP contribution in [0.5, 0.6) is 0 Å². The summed E-state index contributed by atoms with van der Waals surface area (Å²) < 4.78 is 0.879. The van der Waals surface area contributed by atoms with Crippen LogP contribution in [0.3, 0.4) is 0 Å². The molecule has 1 saturated carbocycles. The summed E-state index contributed by atoms with van der Waals surface area (Å²) in [5, 5.41) is 3.36. The quantitative estimate of drug-likeness (QED) is 0.647. The normalized spacial score (nSPS) is 15.3. The van der Waals surface area contributed by atoms with E-state index in [0.29, 0.717) is 5.92 Å². The number of rotatable bonds is 6. The molecular weight excluding hydrogens is 280 g/mol. The lowest BCUT2D eigenvalue weighted by Crippen LogP contribution is -2.16. The van der Waals surface area contributed by atoms with Crippen molar-refractivity contribution in [1.82, 2.24) is 14.9 Å². The van der Waals surface area contributed by atoms with Gasteiger partial charge < -0.3 is 10.2 Å². The first kappa shape index (κ1) is 12.8. The van der Waals surface area contributed by atoms with E-state index in [4.69, 9.17) is 0 Å². The first-order valence-corrected chi connectivity index (χ1v) is 6.87. The van der Waals surface area contributed by atoms with Gasteiger partial charge in [-0.2, -0.15) is 0 Å². The Morgan fingerprint density at radius 1 is 1.41 bits per heavy atom. The summed E-state index contributed by atoms with van der Waals surface area (Å²) in [4.78, 5) is 11.1. The third kappa shape index (κ3) is 4.24. The van der Waals surface area contributed by atoms with E-state index in [1.165, 1.54) is 12.8 Å². The van der Waals surface area contributed by atoms with Gasteiger partial charge in [0, 0.05) is 18.5 Å². The molecule has 17 heavy (non-hydrogen) atoms. The van der Waals surface area contributed by atoms with Crippen molar-refractivity contribution >= 4 is 21.7 Å². The van der Waals surface area contributed by atoms with Crippen LogP contribution in [0.4, 0.5) is 5.82 Å². The lowest BCUT2D eigenvalue weighted by molar-refractivity contribution is 0.405. The van der Waals surface area contributed by atoms with Crippen LogP contribution >= 0.6 is 15.9 Å². The molecule has 1 aromatic heterocycles. The lowest BCUT2D eigenvalue weighted by atomic mass is 10.3. The summed E-state index contributed by atoms with van der Waals surface area (Å²) in [5.41, 5.74) is 0. The van der Waals surface area contributed by atoms with Crippen LogP contribution in [0.1, 0.15) is 31.0 Å². The highest BCUT2D eigenvalue weighted by molar-refractivity contribution is 9.10. The van der Waals surface area contributed by atoms with Gasteiger partial charge in [0.1, 0.15) is 16.2 Å². The zero-order chi connectivity index (χ0) is 12.3. The predicted molar refractivity (Wildman–Crippen MR) is 73.4 cm³/mol. The maximum atomic E-state index is 4.55. The Hall–Kier alpha value is -0.680. The van der Waals surface area contributed by atoms with E-state index >= 15 is 0 Å². The minimum Gasteiger partial charge on any atom is -0.370 e. The SMILES string of the molecule is CN(C)CCCNc1cc(Br)nc(C2CC2)n1. The van der Waals surface area contributed by atoms with Crippen molar-refractivity contribution in [2.45, 2.75) is 25.2 Å². The Balaban J connectivity index is 1.87. The average Bonchev–Trinajstić information content (AvgIpc) is 3.07. The maximum absolute atomic E-state index is 4.55. The molecule has 5 heteroatoms. The summed E-state index contributed by atoms with van der Waals surface area (Å²) in [6.07, 6.45) is 3.58. The smallest absolute Gasteiger partial charge is 0.135 e. The first-order chi connectivity index (χ1) is 8.15. The third-order valence-corrected chi connectivity index (χ3v) is 3.15. The molecule has 0 unspecified atom stereocenters. The summed E-state index contributed by atoms with van der Waals surface area (Å²) in [6.45, 7) is 2.04. The second-order valence-electron chi connectivity index (χ2n) is 4.79. The van der Waals surface area contributed by atoms with Crippen molar-refractivity contribution in [3.63, 3.8) is 0 Å². The monoisotopic (exact) mass is 298 g/mol. The summed E-state index contributed by atoms with van der Waals surface area (Å²) >= 11 is 3.44. The average molecular weight is 299 g/mol. The fourth-order valence-corrected chi connectivity index (χ4v) is 2.06. The van der Waals surface area contributed by atoms with Crippen molar-refractivity contribution in [1.29, 1.82) is 0 Å².